The normalized spacial score (nSPS) is 21.2. The summed E-state index contributed by atoms with van der Waals surface area (Å²) in [6.07, 6.45) is 2.57. The molecule has 5 nitrogen and oxygen atoms in total. The Hall–Kier alpha value is -2.05. The van der Waals surface area contributed by atoms with E-state index in [1.165, 1.54) is 11.8 Å². The lowest BCUT2D eigenvalue weighted by Crippen LogP contribution is -2.52. The van der Waals surface area contributed by atoms with Gasteiger partial charge in [0.15, 0.2) is 4.87 Å². The number of halogens is 1. The second-order valence-corrected chi connectivity index (χ2v) is 7.97. The first-order chi connectivity index (χ1) is 12.0. The van der Waals surface area contributed by atoms with Gasteiger partial charge in [-0.1, -0.05) is 29.4 Å². The molecule has 0 spiro atoms. The summed E-state index contributed by atoms with van der Waals surface area (Å²) in [6.45, 7) is 0.404. The maximum absolute atomic E-state index is 13.3. The van der Waals surface area contributed by atoms with Gasteiger partial charge in [0, 0.05) is 29.6 Å². The third kappa shape index (κ3) is 2.60. The molecule has 0 aliphatic carbocycles. The number of carbonyl (C=O) groups is 2. The molecule has 1 unspecified atom stereocenters. The van der Waals surface area contributed by atoms with Crippen LogP contribution in [0, 0.1) is 0 Å². The quantitative estimate of drug-likeness (QED) is 0.828. The minimum Gasteiger partial charge on any atom is -0.337 e. The average molecular weight is 374 g/mol. The van der Waals surface area contributed by atoms with Crippen molar-refractivity contribution in [1.82, 2.24) is 9.88 Å². The van der Waals surface area contributed by atoms with Crippen molar-refractivity contribution >= 4 is 40.9 Å². The molecule has 1 aromatic carbocycles. The van der Waals surface area contributed by atoms with Crippen LogP contribution in [0.1, 0.15) is 18.5 Å². The van der Waals surface area contributed by atoms with E-state index in [1.54, 1.807) is 35.2 Å². The molecule has 1 atom stereocenters. The van der Waals surface area contributed by atoms with Crippen LogP contribution < -0.4 is 4.90 Å². The first-order valence-electron chi connectivity index (χ1n) is 7.98. The summed E-state index contributed by atoms with van der Waals surface area (Å²) in [6, 6.07) is 11.1. The van der Waals surface area contributed by atoms with Crippen LogP contribution in [0.5, 0.6) is 0 Å². The molecule has 0 bridgehead atoms. The van der Waals surface area contributed by atoms with E-state index in [-0.39, 0.29) is 11.8 Å². The number of fused-ring (bicyclic) bond motifs is 3. The largest absolute Gasteiger partial charge is 0.337 e. The fraction of sp³-hybridized carbons (Fsp3) is 0.278. The topological polar surface area (TPSA) is 53.5 Å². The highest BCUT2D eigenvalue weighted by atomic mass is 35.5. The van der Waals surface area contributed by atoms with Crippen molar-refractivity contribution in [2.24, 2.45) is 0 Å². The van der Waals surface area contributed by atoms with Crippen LogP contribution in [0.2, 0.25) is 5.02 Å². The van der Waals surface area contributed by atoms with E-state index in [0.717, 1.165) is 16.3 Å². The third-order valence-corrected chi connectivity index (χ3v) is 6.23. The molecule has 1 fully saturated rings. The van der Waals surface area contributed by atoms with Gasteiger partial charge in [-0.15, -0.1) is 0 Å². The third-order valence-electron chi connectivity index (χ3n) is 4.54. The number of anilines is 1. The Morgan fingerprint density at radius 1 is 1.40 bits per heavy atom. The van der Waals surface area contributed by atoms with Crippen molar-refractivity contribution in [3.8, 4) is 0 Å². The minimum absolute atomic E-state index is 0.0342. The van der Waals surface area contributed by atoms with E-state index in [2.05, 4.69) is 4.98 Å². The highest BCUT2D eigenvalue weighted by Gasteiger charge is 2.58. The second-order valence-electron chi connectivity index (χ2n) is 6.21. The van der Waals surface area contributed by atoms with Gasteiger partial charge < -0.3 is 4.90 Å². The highest BCUT2D eigenvalue weighted by Crippen LogP contribution is 2.56. The Labute approximate surface area is 155 Å². The van der Waals surface area contributed by atoms with Gasteiger partial charge in [0.1, 0.15) is 0 Å². The molecule has 0 N–H and O–H groups in total. The van der Waals surface area contributed by atoms with Crippen molar-refractivity contribution in [2.75, 3.05) is 11.9 Å². The zero-order valence-corrected chi connectivity index (χ0v) is 15.2. The summed E-state index contributed by atoms with van der Waals surface area (Å²) < 4.78 is 0. The van der Waals surface area contributed by atoms with Crippen LogP contribution >= 0.6 is 23.4 Å². The smallest absolute Gasteiger partial charge is 0.259 e. The summed E-state index contributed by atoms with van der Waals surface area (Å²) in [5.41, 5.74) is 1.55. The highest BCUT2D eigenvalue weighted by molar-refractivity contribution is 8.02. The van der Waals surface area contributed by atoms with Crippen LogP contribution in [0.4, 0.5) is 5.69 Å². The molecule has 2 aliphatic rings. The number of nitrogens with zero attached hydrogens (tertiary/aromatic N) is 3. The molecule has 1 saturated heterocycles. The lowest BCUT2D eigenvalue weighted by Gasteiger charge is -2.33. The van der Waals surface area contributed by atoms with E-state index < -0.39 is 4.87 Å². The van der Waals surface area contributed by atoms with Gasteiger partial charge in [0.2, 0.25) is 5.91 Å². The number of hydrogen-bond acceptors (Lipinski definition) is 4. The first kappa shape index (κ1) is 16.4. The zero-order valence-electron chi connectivity index (χ0n) is 13.6. The predicted molar refractivity (Wildman–Crippen MR) is 97.5 cm³/mol. The van der Waals surface area contributed by atoms with Crippen molar-refractivity contribution in [1.29, 1.82) is 0 Å². The average Bonchev–Trinajstić information content (AvgIpc) is 3.11. The van der Waals surface area contributed by atoms with E-state index in [1.807, 2.05) is 24.3 Å². The Kier molecular flexibility index (Phi) is 3.96. The maximum Gasteiger partial charge on any atom is 0.259 e. The molecular formula is C18H16ClN3O2S. The van der Waals surface area contributed by atoms with Gasteiger partial charge >= 0.3 is 0 Å². The molecule has 25 heavy (non-hydrogen) atoms. The number of hydrogen-bond donors (Lipinski definition) is 0. The number of pyridine rings is 1. The Bertz CT molecular complexity index is 861. The molecule has 1 aromatic heterocycles. The van der Waals surface area contributed by atoms with Crippen molar-refractivity contribution in [3.63, 3.8) is 0 Å². The van der Waals surface area contributed by atoms with E-state index in [4.69, 9.17) is 11.6 Å². The number of benzene rings is 1. The van der Waals surface area contributed by atoms with Crippen molar-refractivity contribution < 1.29 is 9.59 Å². The number of aromatic nitrogens is 1. The Balaban J connectivity index is 1.66. The van der Waals surface area contributed by atoms with Gasteiger partial charge in [0.05, 0.1) is 17.9 Å². The van der Waals surface area contributed by atoms with Gasteiger partial charge in [0.25, 0.3) is 5.91 Å². The van der Waals surface area contributed by atoms with Crippen LogP contribution in [0.3, 0.4) is 0 Å². The molecule has 0 saturated carbocycles. The minimum atomic E-state index is -0.909. The zero-order chi connectivity index (χ0) is 17.6. The lowest BCUT2D eigenvalue weighted by molar-refractivity contribution is -0.133. The second kappa shape index (κ2) is 6.04. The fourth-order valence-corrected chi connectivity index (χ4v) is 5.07. The van der Waals surface area contributed by atoms with Gasteiger partial charge in [-0.05, 0) is 36.8 Å². The molecule has 4 rings (SSSR count). The van der Waals surface area contributed by atoms with Gasteiger partial charge in [-0.3, -0.25) is 19.5 Å². The van der Waals surface area contributed by atoms with Crippen LogP contribution in [0.25, 0.3) is 0 Å². The maximum atomic E-state index is 13.3. The molecule has 128 valence electrons. The first-order valence-corrected chi connectivity index (χ1v) is 9.18. The lowest BCUT2D eigenvalue weighted by atomic mass is 10.1. The SMILES string of the molecule is CN(Cc1ccccn1)C(=O)C12CCC(=O)N1c1cc(Cl)ccc1S2. The summed E-state index contributed by atoms with van der Waals surface area (Å²) in [5.74, 6) is -0.116. The molecular weight excluding hydrogens is 358 g/mol. The Morgan fingerprint density at radius 2 is 2.24 bits per heavy atom. The van der Waals surface area contributed by atoms with Gasteiger partial charge in [-0.2, -0.15) is 0 Å². The Morgan fingerprint density at radius 3 is 3.00 bits per heavy atom. The van der Waals surface area contributed by atoms with E-state index >= 15 is 0 Å². The van der Waals surface area contributed by atoms with E-state index in [0.29, 0.717) is 24.4 Å². The number of thioether (sulfide) groups is 1. The van der Waals surface area contributed by atoms with E-state index in [9.17, 15) is 9.59 Å². The number of carbonyl (C=O) groups excluding carboxylic acids is 2. The number of amides is 2. The standard InChI is InChI=1S/C18H16ClN3O2S/c1-21(11-13-4-2-3-9-20-13)17(24)18-8-7-16(23)22(18)14-10-12(19)5-6-15(14)25-18/h2-6,9-10H,7-8,11H2,1H3. The monoisotopic (exact) mass is 373 g/mol. The van der Waals surface area contributed by atoms with Crippen molar-refractivity contribution in [2.45, 2.75) is 29.2 Å². The van der Waals surface area contributed by atoms with Crippen LogP contribution in [-0.4, -0.2) is 33.6 Å². The molecule has 0 radical (unpaired) electrons. The molecule has 2 amide bonds. The summed E-state index contributed by atoms with van der Waals surface area (Å²) >= 11 is 7.55. The van der Waals surface area contributed by atoms with Crippen LogP contribution in [0.15, 0.2) is 47.5 Å². The summed E-state index contributed by atoms with van der Waals surface area (Å²) in [4.78, 5) is 33.4. The van der Waals surface area contributed by atoms with Crippen molar-refractivity contribution in [3.05, 3.63) is 53.3 Å². The molecule has 3 heterocycles. The predicted octanol–water partition coefficient (Wildman–Crippen LogP) is 3.32. The number of rotatable bonds is 3. The fourth-order valence-electron chi connectivity index (χ4n) is 3.41. The van der Waals surface area contributed by atoms with Gasteiger partial charge in [-0.25, -0.2) is 0 Å². The summed E-state index contributed by atoms with van der Waals surface area (Å²) in [7, 11) is 1.75. The summed E-state index contributed by atoms with van der Waals surface area (Å²) in [5, 5.41) is 0.559. The molecule has 2 aliphatic heterocycles. The number of likely N-dealkylation sites (N-methyl/N-ethyl adjacent to an activating group) is 1. The van der Waals surface area contributed by atoms with Crippen LogP contribution in [-0.2, 0) is 16.1 Å². The molecule has 2 aromatic rings. The molecule has 7 heteroatoms.